The summed E-state index contributed by atoms with van der Waals surface area (Å²) >= 11 is 11.2. The Kier molecular flexibility index (Phi) is 7.28. The first kappa shape index (κ1) is 25.2. The first-order chi connectivity index (χ1) is 15.9. The first-order valence-electron chi connectivity index (χ1n) is 10.4. The Morgan fingerprint density at radius 3 is 2.38 bits per heavy atom. The summed E-state index contributed by atoms with van der Waals surface area (Å²) < 4.78 is 1.61. The van der Waals surface area contributed by atoms with Gasteiger partial charge in [-0.25, -0.2) is 4.79 Å². The van der Waals surface area contributed by atoms with Crippen LogP contribution in [0, 0.1) is 0 Å². The average molecular weight is 500 g/mol. The van der Waals surface area contributed by atoms with Crippen molar-refractivity contribution in [3.63, 3.8) is 0 Å². The number of aromatic hydroxyl groups is 1. The van der Waals surface area contributed by atoms with Gasteiger partial charge in [0.2, 0.25) is 0 Å². The van der Waals surface area contributed by atoms with Crippen molar-refractivity contribution in [3.8, 4) is 17.0 Å². The minimum Gasteiger partial charge on any atom is -0.504 e. The molecular weight excluding hydrogens is 474 g/mol. The number of nitrogens with zero attached hydrogens (tertiary/aromatic N) is 3. The second-order valence-electron chi connectivity index (χ2n) is 8.76. The van der Waals surface area contributed by atoms with Crippen LogP contribution in [0.2, 0.25) is 5.02 Å². The molecule has 0 bridgehead atoms. The molecule has 0 aliphatic rings. The zero-order valence-electron chi connectivity index (χ0n) is 19.5. The minimum absolute atomic E-state index is 0.00515. The lowest BCUT2D eigenvalue weighted by atomic mass is 9.86. The number of aryl methyl sites for hydroxylation is 1. The number of aromatic nitrogens is 2. The third kappa shape index (κ3) is 5.55. The molecule has 34 heavy (non-hydrogen) atoms. The number of aromatic carboxylic acids is 1. The number of anilines is 1. The zero-order valence-corrected chi connectivity index (χ0v) is 21.0. The van der Waals surface area contributed by atoms with E-state index in [1.165, 1.54) is 17.7 Å². The Bertz CT molecular complexity index is 1280. The van der Waals surface area contributed by atoms with E-state index in [9.17, 15) is 9.90 Å². The van der Waals surface area contributed by atoms with Crippen LogP contribution in [-0.2, 0) is 12.5 Å². The Hall–Kier alpha value is -3.43. The number of thiocarbonyl (C=S) groups is 1. The number of carboxylic acid groups (broad SMARTS) is 1. The molecule has 0 amide bonds. The molecule has 3 aromatic rings. The number of hydrogen-bond donors (Lipinski definition) is 4. The zero-order chi connectivity index (χ0) is 25.2. The van der Waals surface area contributed by atoms with Gasteiger partial charge in [-0.3, -0.25) is 10.1 Å². The number of rotatable bonds is 5. The van der Waals surface area contributed by atoms with E-state index >= 15 is 0 Å². The van der Waals surface area contributed by atoms with Crippen LogP contribution in [0.4, 0.5) is 5.69 Å². The fourth-order valence-corrected chi connectivity index (χ4v) is 3.75. The molecule has 3 rings (SSSR count). The minimum atomic E-state index is -1.11. The summed E-state index contributed by atoms with van der Waals surface area (Å²) in [5, 5.41) is 31.7. The molecule has 0 radical (unpaired) electrons. The van der Waals surface area contributed by atoms with Gasteiger partial charge in [0, 0.05) is 18.3 Å². The summed E-state index contributed by atoms with van der Waals surface area (Å²) in [5.74, 6) is -1.10. The Morgan fingerprint density at radius 1 is 1.18 bits per heavy atom. The number of carbonyl (C=O) groups is 1. The van der Waals surface area contributed by atoms with Gasteiger partial charge in [0.25, 0.3) is 0 Å². The normalized spacial score (nSPS) is 11.9. The third-order valence-electron chi connectivity index (χ3n) is 5.17. The van der Waals surface area contributed by atoms with E-state index in [0.29, 0.717) is 22.8 Å². The van der Waals surface area contributed by atoms with Crippen LogP contribution in [0.5, 0.6) is 5.75 Å². The van der Waals surface area contributed by atoms with Gasteiger partial charge in [-0.2, -0.15) is 10.2 Å². The van der Waals surface area contributed by atoms with Crippen LogP contribution in [0.1, 0.15) is 49.3 Å². The van der Waals surface area contributed by atoms with Crippen molar-refractivity contribution in [1.82, 2.24) is 15.2 Å². The molecule has 0 saturated carbocycles. The molecule has 178 valence electrons. The van der Waals surface area contributed by atoms with Crippen LogP contribution in [0.25, 0.3) is 11.3 Å². The predicted octanol–water partition coefficient (Wildman–Crippen LogP) is 5.15. The van der Waals surface area contributed by atoms with Gasteiger partial charge < -0.3 is 15.5 Å². The number of hydrogen-bond acceptors (Lipinski definition) is 5. The maximum Gasteiger partial charge on any atom is 0.337 e. The van der Waals surface area contributed by atoms with Gasteiger partial charge in [-0.05, 0) is 48.3 Å². The molecule has 0 unspecified atom stereocenters. The first-order valence-corrected chi connectivity index (χ1v) is 11.2. The maximum atomic E-state index is 11.1. The van der Waals surface area contributed by atoms with Gasteiger partial charge in [0.1, 0.15) is 5.69 Å². The summed E-state index contributed by atoms with van der Waals surface area (Å²) in [7, 11) is 1.76. The Morgan fingerprint density at radius 2 is 1.82 bits per heavy atom. The van der Waals surface area contributed by atoms with E-state index in [1.54, 1.807) is 24.7 Å². The molecule has 0 fully saturated rings. The number of carboxylic acids is 1. The molecular formula is C24H26ClN5O3S. The largest absolute Gasteiger partial charge is 0.504 e. The summed E-state index contributed by atoms with van der Waals surface area (Å²) in [4.78, 5) is 11.1. The van der Waals surface area contributed by atoms with E-state index in [0.717, 1.165) is 5.56 Å². The second-order valence-corrected chi connectivity index (χ2v) is 9.58. The molecule has 1 aromatic heterocycles. The lowest BCUT2D eigenvalue weighted by Crippen LogP contribution is -2.25. The average Bonchev–Trinajstić information content (AvgIpc) is 3.05. The Labute approximate surface area is 208 Å². The molecule has 0 spiro atoms. The molecule has 1 heterocycles. The van der Waals surface area contributed by atoms with Gasteiger partial charge in [0.05, 0.1) is 16.3 Å². The highest BCUT2D eigenvalue weighted by atomic mass is 35.5. The van der Waals surface area contributed by atoms with Gasteiger partial charge in [0.15, 0.2) is 16.6 Å². The quantitative estimate of drug-likeness (QED) is 0.218. The fraction of sp³-hybridized carbons (Fsp3) is 0.250. The number of nitrogens with one attached hydrogen (secondary N) is 2. The topological polar surface area (TPSA) is 112 Å². The molecule has 4 N–H and O–H groups in total. The molecule has 0 saturated heterocycles. The standard InChI is InChI=1S/C24H26ClN5O3S/c1-13(27-28-23(34)26-16-10-11-17(22(32)33)18(25)12-16)19-21(31)20(30(5)29-19)14-6-8-15(9-7-14)24(2,3)4/h6-12,31H,1-5H3,(H,32,33)(H2,26,28,34)/b27-13+. The highest BCUT2D eigenvalue weighted by Crippen LogP contribution is 2.33. The highest BCUT2D eigenvalue weighted by molar-refractivity contribution is 7.80. The number of benzene rings is 2. The third-order valence-corrected chi connectivity index (χ3v) is 5.68. The smallest absolute Gasteiger partial charge is 0.337 e. The predicted molar refractivity (Wildman–Crippen MR) is 139 cm³/mol. The van der Waals surface area contributed by atoms with Gasteiger partial charge >= 0.3 is 5.97 Å². The van der Waals surface area contributed by atoms with Crippen molar-refractivity contribution < 1.29 is 15.0 Å². The summed E-state index contributed by atoms with van der Waals surface area (Å²) in [6.07, 6.45) is 0. The van der Waals surface area contributed by atoms with Crippen LogP contribution in [0.3, 0.4) is 0 Å². The molecule has 10 heteroatoms. The van der Waals surface area contributed by atoms with Crippen molar-refractivity contribution in [3.05, 3.63) is 64.3 Å². The van der Waals surface area contributed by atoms with Crippen molar-refractivity contribution in [2.24, 2.45) is 12.1 Å². The number of hydrazone groups is 1. The second kappa shape index (κ2) is 9.82. The van der Waals surface area contributed by atoms with Crippen LogP contribution in [-0.4, -0.2) is 36.8 Å². The molecule has 0 aliphatic carbocycles. The van der Waals surface area contributed by atoms with E-state index in [1.807, 2.05) is 24.3 Å². The molecule has 2 aromatic carbocycles. The van der Waals surface area contributed by atoms with Gasteiger partial charge in [-0.15, -0.1) is 0 Å². The maximum absolute atomic E-state index is 11.1. The summed E-state index contributed by atoms with van der Waals surface area (Å²) in [6, 6.07) is 12.4. The van der Waals surface area contributed by atoms with Crippen molar-refractivity contribution in [2.75, 3.05) is 5.32 Å². The lowest BCUT2D eigenvalue weighted by Gasteiger charge is -2.19. The van der Waals surface area contributed by atoms with E-state index in [4.69, 9.17) is 28.9 Å². The lowest BCUT2D eigenvalue weighted by molar-refractivity contribution is 0.0697. The van der Waals surface area contributed by atoms with Crippen LogP contribution < -0.4 is 10.7 Å². The van der Waals surface area contributed by atoms with Gasteiger partial charge in [-0.1, -0.05) is 56.6 Å². The van der Waals surface area contributed by atoms with E-state index in [-0.39, 0.29) is 26.9 Å². The van der Waals surface area contributed by atoms with Crippen molar-refractivity contribution >= 4 is 46.3 Å². The SMILES string of the molecule is C/C(=N\NC(=S)Nc1ccc(C(=O)O)c(Cl)c1)c1nn(C)c(-c2ccc(C(C)(C)C)cc2)c1O. The van der Waals surface area contributed by atoms with E-state index in [2.05, 4.69) is 41.7 Å². The Balaban J connectivity index is 1.75. The molecule has 0 atom stereocenters. The number of halogens is 1. The van der Waals surface area contributed by atoms with Crippen LogP contribution in [0.15, 0.2) is 47.6 Å². The fourth-order valence-electron chi connectivity index (χ4n) is 3.32. The van der Waals surface area contributed by atoms with Crippen molar-refractivity contribution in [2.45, 2.75) is 33.1 Å². The van der Waals surface area contributed by atoms with Crippen molar-refractivity contribution in [1.29, 1.82) is 0 Å². The summed E-state index contributed by atoms with van der Waals surface area (Å²) in [5.41, 5.74) is 6.58. The van der Waals surface area contributed by atoms with E-state index < -0.39 is 5.97 Å². The molecule has 8 nitrogen and oxygen atoms in total. The monoisotopic (exact) mass is 499 g/mol. The highest BCUT2D eigenvalue weighted by Gasteiger charge is 2.20. The van der Waals surface area contributed by atoms with Crippen LogP contribution >= 0.6 is 23.8 Å². The summed E-state index contributed by atoms with van der Waals surface area (Å²) in [6.45, 7) is 8.14. The molecule has 0 aliphatic heterocycles.